The molecule has 1 aliphatic heterocycles. The van der Waals surface area contributed by atoms with Crippen molar-refractivity contribution >= 4 is 63.6 Å². The lowest BCUT2D eigenvalue weighted by Gasteiger charge is -2.27. The number of likely N-dealkylation sites (tertiary alicyclic amines) is 1. The Labute approximate surface area is 321 Å². The van der Waals surface area contributed by atoms with Crippen LogP contribution in [0.5, 0.6) is 5.75 Å². The molecule has 4 N–H and O–H groups in total. The van der Waals surface area contributed by atoms with Crippen molar-refractivity contribution in [2.75, 3.05) is 13.7 Å². The van der Waals surface area contributed by atoms with Crippen LogP contribution in [0.1, 0.15) is 92.3 Å². The van der Waals surface area contributed by atoms with E-state index in [0.29, 0.717) is 23.3 Å². The summed E-state index contributed by atoms with van der Waals surface area (Å²) in [5.41, 5.74) is 7.32. The number of aromatic nitrogens is 2. The quantitative estimate of drug-likeness (QED) is 0.0854. The number of aliphatic carboxylic acids is 1. The summed E-state index contributed by atoms with van der Waals surface area (Å²) >= 11 is 4.53. The van der Waals surface area contributed by atoms with Gasteiger partial charge >= 0.3 is 12.1 Å². The second-order valence-corrected chi connectivity index (χ2v) is 14.5. The summed E-state index contributed by atoms with van der Waals surface area (Å²) in [7, 11) is 1.63. The monoisotopic (exact) mass is 784 g/mol. The molecule has 3 heterocycles. The van der Waals surface area contributed by atoms with E-state index in [-0.39, 0.29) is 46.5 Å². The van der Waals surface area contributed by atoms with Crippen LogP contribution in [0.3, 0.4) is 0 Å². The number of nitrogens with zero attached hydrogens (tertiary/aromatic N) is 2. The van der Waals surface area contributed by atoms with Crippen LogP contribution in [0, 0.1) is 24.7 Å². The van der Waals surface area contributed by atoms with Crippen LogP contribution in [0.25, 0.3) is 21.6 Å². The fourth-order valence-corrected chi connectivity index (χ4v) is 5.83. The highest BCUT2D eigenvalue weighted by molar-refractivity contribution is 8.66. The summed E-state index contributed by atoms with van der Waals surface area (Å²) in [5, 5.41) is 11.9. The van der Waals surface area contributed by atoms with Gasteiger partial charge in [0.05, 0.1) is 29.9 Å². The van der Waals surface area contributed by atoms with E-state index in [0.717, 1.165) is 52.6 Å². The highest BCUT2D eigenvalue weighted by atomic mass is 33.1. The van der Waals surface area contributed by atoms with Crippen molar-refractivity contribution in [3.63, 3.8) is 0 Å². The van der Waals surface area contributed by atoms with Crippen LogP contribution in [0.2, 0.25) is 0 Å². The van der Waals surface area contributed by atoms with E-state index in [1.165, 1.54) is 0 Å². The molecule has 2 aliphatic rings. The molecule has 52 heavy (non-hydrogen) atoms. The van der Waals surface area contributed by atoms with Crippen molar-refractivity contribution in [3.05, 3.63) is 57.7 Å². The second kappa shape index (κ2) is 23.9. The van der Waals surface area contributed by atoms with Crippen molar-refractivity contribution in [1.29, 1.82) is 0 Å². The molecule has 3 aromatic rings. The van der Waals surface area contributed by atoms with Crippen molar-refractivity contribution in [3.8, 4) is 16.5 Å². The zero-order valence-electron chi connectivity index (χ0n) is 32.2. The topological polar surface area (TPSA) is 165 Å². The number of methoxy groups -OCH3 is 1. The molecule has 1 aliphatic carbocycles. The molecule has 0 spiro atoms. The number of nitrogens with two attached hydrogens (primary N) is 1. The summed E-state index contributed by atoms with van der Waals surface area (Å²) in [6, 6.07) is 5.56. The van der Waals surface area contributed by atoms with E-state index < -0.39 is 5.97 Å². The number of carbonyl (C=O) groups excluding carboxylic acids is 2. The molecule has 1 aromatic carbocycles. The molecule has 1 saturated carbocycles. The van der Waals surface area contributed by atoms with Crippen LogP contribution in [0.4, 0.5) is 8.68 Å². The number of thiazole rings is 1. The number of thiol groups is 1. The van der Waals surface area contributed by atoms with Gasteiger partial charge in [-0.05, 0) is 77.3 Å². The van der Waals surface area contributed by atoms with Crippen molar-refractivity contribution in [1.82, 2.24) is 14.9 Å². The third kappa shape index (κ3) is 15.6. The van der Waals surface area contributed by atoms with Gasteiger partial charge in [-0.2, -0.15) is 3.89 Å². The van der Waals surface area contributed by atoms with E-state index in [4.69, 9.17) is 19.4 Å². The molecule has 11 nitrogen and oxygen atoms in total. The number of hydrogen-bond donors (Lipinski definition) is 4. The van der Waals surface area contributed by atoms with Crippen molar-refractivity contribution in [2.24, 2.45) is 23.5 Å². The van der Waals surface area contributed by atoms with Crippen LogP contribution in [0.15, 0.2) is 41.0 Å². The van der Waals surface area contributed by atoms with Crippen molar-refractivity contribution < 1.29 is 32.8 Å². The number of halogens is 1. The van der Waals surface area contributed by atoms with E-state index in [1.54, 1.807) is 36.7 Å². The smallest absolute Gasteiger partial charge is 0.410 e. The lowest BCUT2D eigenvalue weighted by molar-refractivity contribution is -0.138. The first-order valence-corrected chi connectivity index (χ1v) is 19.6. The predicted octanol–water partition coefficient (Wildman–Crippen LogP) is 9.21. The number of ether oxygens (including phenoxy) is 2. The number of primary amides is 1. The molecule has 1 saturated heterocycles. The first-order valence-electron chi connectivity index (χ1n) is 17.0. The normalized spacial score (nSPS) is 18.2. The molecule has 4 unspecified atom stereocenters. The number of hydrogen-bond acceptors (Lipinski definition) is 10. The number of aryl methyl sites for hydroxylation is 1. The average molecular weight is 785 g/mol. The number of rotatable bonds is 5. The molecule has 0 radical (unpaired) electrons. The molecular formula is C37H57FN4O7S3. The summed E-state index contributed by atoms with van der Waals surface area (Å²) in [5.74, 6) is 1.18. The zero-order valence-corrected chi connectivity index (χ0v) is 34.7. The Balaban J connectivity index is 0.000000740. The van der Waals surface area contributed by atoms with E-state index >= 15 is 0 Å². The fraction of sp³-hybridized carbons (Fsp3) is 0.541. The molecular weight excluding hydrogens is 728 g/mol. The minimum Gasteiger partial charge on any atom is -0.496 e. The van der Waals surface area contributed by atoms with Crippen molar-refractivity contribution in [2.45, 2.75) is 99.6 Å². The van der Waals surface area contributed by atoms with Gasteiger partial charge in [-0.15, -0.1) is 17.9 Å². The van der Waals surface area contributed by atoms with Crippen LogP contribution >= 0.6 is 34.2 Å². The van der Waals surface area contributed by atoms with Gasteiger partial charge in [0.2, 0.25) is 6.41 Å². The fourth-order valence-electron chi connectivity index (χ4n) is 4.88. The number of fused-ring (bicyclic) bond motifs is 1. The lowest BCUT2D eigenvalue weighted by Crippen LogP contribution is -2.39. The number of carboxylic acids is 1. The predicted molar refractivity (Wildman–Crippen MR) is 216 cm³/mol. The summed E-state index contributed by atoms with van der Waals surface area (Å²) in [6.07, 6.45) is 3.66. The highest BCUT2D eigenvalue weighted by Crippen LogP contribution is 2.39. The Morgan fingerprint density at radius 1 is 1.27 bits per heavy atom. The maximum absolute atomic E-state index is 12.4. The van der Waals surface area contributed by atoms with Gasteiger partial charge in [0, 0.05) is 35.0 Å². The molecule has 292 valence electrons. The van der Waals surface area contributed by atoms with E-state index in [2.05, 4.69) is 61.6 Å². The number of allylic oxidation sites excluding steroid dienone is 1. The average Bonchev–Trinajstić information content (AvgIpc) is 3.58. The molecule has 15 heteroatoms. The number of nitrogens with one attached hydrogen (secondary N) is 1. The number of pyridine rings is 1. The van der Waals surface area contributed by atoms with Gasteiger partial charge in [0.15, 0.2) is 5.43 Å². The Kier molecular flexibility index (Phi) is 22.3. The van der Waals surface area contributed by atoms with Gasteiger partial charge in [0.25, 0.3) is 0 Å². The Hall–Kier alpha value is -3.56. The highest BCUT2D eigenvalue weighted by Gasteiger charge is 2.40. The minimum atomic E-state index is -0.685. The number of aromatic amines is 1. The maximum atomic E-state index is 12.4. The molecule has 2 aromatic heterocycles. The van der Waals surface area contributed by atoms with Crippen LogP contribution < -0.4 is 15.9 Å². The number of carboxylic acid groups (broad SMARTS) is 1. The second-order valence-electron chi connectivity index (χ2n) is 13.1. The molecule has 4 atom stereocenters. The van der Waals surface area contributed by atoms with Crippen LogP contribution in [-0.4, -0.2) is 63.7 Å². The first kappa shape index (κ1) is 48.4. The van der Waals surface area contributed by atoms with E-state index in [1.807, 2.05) is 57.9 Å². The van der Waals surface area contributed by atoms with Gasteiger partial charge in [-0.3, -0.25) is 14.4 Å². The van der Waals surface area contributed by atoms with Gasteiger partial charge in [-0.25, -0.2) is 9.78 Å². The van der Waals surface area contributed by atoms with Crippen LogP contribution in [-0.2, 0) is 14.3 Å². The van der Waals surface area contributed by atoms with Gasteiger partial charge in [0.1, 0.15) is 27.5 Å². The largest absolute Gasteiger partial charge is 0.496 e. The summed E-state index contributed by atoms with van der Waals surface area (Å²) in [4.78, 5) is 52.6. The minimum absolute atomic E-state index is 0.00389. The third-order valence-corrected chi connectivity index (χ3v) is 8.90. The first-order chi connectivity index (χ1) is 24.4. The van der Waals surface area contributed by atoms with Gasteiger partial charge < -0.3 is 30.2 Å². The standard InChI is InChI=1S/C17H18N2O2S.C11H21NO2.C6H8O2.C2H6.CH3NO.FHS2/c1-9(2)13-8-22-17(19-13)12-7-14(20)11-5-6-15(21-4)10(3)16(11)18-12;1-8-6-7-12(9(8)2)10(13)14-11(3,4)5;1-2-4-3-5(4)6(7)8;1-2;2-1-3;1-3-2/h5-9H,1-4H3,(H,18,20);8-9H,6-7H2,1-5H3;2,4-5H,1,3H2,(H,7,8);1-2H3;1H,(H2,2,3);2H. The number of benzene rings is 1. The third-order valence-electron chi connectivity index (χ3n) is 8.01. The SMILES string of the molecule is C=CC1CC1C(=O)O.CC.CC1CCN(C(=O)OC(C)(C)C)C1C.COc1ccc2c(=O)cc(-c3nc(C(C)C)cs3)[nH]c2c1C.FSS.NC=O. The molecule has 2 fully saturated rings. The molecule has 0 bridgehead atoms. The molecule has 2 amide bonds. The number of H-pyrrole nitrogens is 1. The number of amides is 2. The zero-order chi connectivity index (χ0) is 40.3. The van der Waals surface area contributed by atoms with Gasteiger partial charge in [-0.1, -0.05) is 52.4 Å². The molecule has 5 rings (SSSR count). The number of carbonyl (C=O) groups is 3. The summed E-state index contributed by atoms with van der Waals surface area (Å²) < 4.78 is 20.7. The Morgan fingerprint density at radius 2 is 1.85 bits per heavy atom. The maximum Gasteiger partial charge on any atom is 0.410 e. The summed E-state index contributed by atoms with van der Waals surface area (Å²) in [6.45, 7) is 24.4. The Morgan fingerprint density at radius 3 is 2.23 bits per heavy atom. The van der Waals surface area contributed by atoms with E-state index in [9.17, 15) is 18.3 Å². The lowest BCUT2D eigenvalue weighted by atomic mass is 10.1. The Bertz CT molecular complexity index is 1620.